The van der Waals surface area contributed by atoms with E-state index in [-0.39, 0.29) is 0 Å². The van der Waals surface area contributed by atoms with Crippen LogP contribution in [0.4, 0.5) is 0 Å². The molecule has 2 rings (SSSR count). The highest BCUT2D eigenvalue weighted by molar-refractivity contribution is 5.66. The smallest absolute Gasteiger partial charge is 0.0552 e. The van der Waals surface area contributed by atoms with Gasteiger partial charge < -0.3 is 10.6 Å². The van der Waals surface area contributed by atoms with E-state index in [0.717, 1.165) is 12.2 Å². The van der Waals surface area contributed by atoms with Gasteiger partial charge in [0.2, 0.25) is 0 Å². The fourth-order valence-corrected chi connectivity index (χ4v) is 1.76. The molecule has 0 saturated carbocycles. The van der Waals surface area contributed by atoms with E-state index in [1.54, 1.807) is 0 Å². The van der Waals surface area contributed by atoms with Gasteiger partial charge in [0.1, 0.15) is 0 Å². The molecule has 0 aliphatic carbocycles. The molecule has 0 fully saturated rings. The van der Waals surface area contributed by atoms with Crippen molar-refractivity contribution in [2.75, 3.05) is 0 Å². The van der Waals surface area contributed by atoms with Gasteiger partial charge in [0.25, 0.3) is 0 Å². The van der Waals surface area contributed by atoms with Crippen LogP contribution in [0.3, 0.4) is 0 Å². The van der Waals surface area contributed by atoms with E-state index < -0.39 is 0 Å². The maximum absolute atomic E-state index is 5.99. The lowest BCUT2D eigenvalue weighted by Crippen LogP contribution is -2.29. The van der Waals surface area contributed by atoms with Crippen molar-refractivity contribution >= 4 is 5.70 Å². The van der Waals surface area contributed by atoms with Crippen LogP contribution in [0.25, 0.3) is 5.70 Å². The standard InChI is InChI=1S/C12H16N2/c1-9(2)14-7-10-5-3-4-6-11(10)12(13)8-14/h3-6,8-9H,7,13H2,1-2H3. The molecule has 0 unspecified atom stereocenters. The molecule has 1 aliphatic rings. The molecular formula is C12H16N2. The van der Waals surface area contributed by atoms with Gasteiger partial charge in [0, 0.05) is 24.4 Å². The second-order valence-corrected chi connectivity index (χ2v) is 4.01. The van der Waals surface area contributed by atoms with Crippen molar-refractivity contribution in [2.24, 2.45) is 5.73 Å². The summed E-state index contributed by atoms with van der Waals surface area (Å²) >= 11 is 0. The molecule has 0 amide bonds. The van der Waals surface area contributed by atoms with Gasteiger partial charge in [-0.15, -0.1) is 0 Å². The first-order chi connectivity index (χ1) is 6.68. The molecule has 0 spiro atoms. The lowest BCUT2D eigenvalue weighted by atomic mass is 10.0. The molecule has 0 radical (unpaired) electrons. The van der Waals surface area contributed by atoms with Crippen LogP contribution in [0, 0.1) is 0 Å². The summed E-state index contributed by atoms with van der Waals surface area (Å²) in [6, 6.07) is 8.83. The van der Waals surface area contributed by atoms with Crippen LogP contribution < -0.4 is 5.73 Å². The highest BCUT2D eigenvalue weighted by atomic mass is 15.1. The van der Waals surface area contributed by atoms with Gasteiger partial charge >= 0.3 is 0 Å². The number of fused-ring (bicyclic) bond motifs is 1. The van der Waals surface area contributed by atoms with E-state index in [9.17, 15) is 0 Å². The zero-order valence-corrected chi connectivity index (χ0v) is 8.70. The van der Waals surface area contributed by atoms with Crippen molar-refractivity contribution in [3.05, 3.63) is 41.6 Å². The molecule has 1 aliphatic heterocycles. The van der Waals surface area contributed by atoms with E-state index in [1.807, 2.05) is 12.3 Å². The van der Waals surface area contributed by atoms with E-state index in [1.165, 1.54) is 11.1 Å². The zero-order chi connectivity index (χ0) is 10.1. The summed E-state index contributed by atoms with van der Waals surface area (Å²) in [7, 11) is 0. The van der Waals surface area contributed by atoms with Gasteiger partial charge in [-0.05, 0) is 19.4 Å². The van der Waals surface area contributed by atoms with Crippen molar-refractivity contribution in [1.82, 2.24) is 4.90 Å². The van der Waals surface area contributed by atoms with Crippen LogP contribution in [-0.2, 0) is 6.54 Å². The molecule has 0 atom stereocenters. The van der Waals surface area contributed by atoms with Crippen LogP contribution >= 0.6 is 0 Å². The Morgan fingerprint density at radius 2 is 2.00 bits per heavy atom. The van der Waals surface area contributed by atoms with Crippen molar-refractivity contribution in [3.8, 4) is 0 Å². The van der Waals surface area contributed by atoms with Crippen molar-refractivity contribution < 1.29 is 0 Å². The first kappa shape index (κ1) is 9.13. The first-order valence-corrected chi connectivity index (χ1v) is 5.00. The van der Waals surface area contributed by atoms with Gasteiger partial charge in [-0.3, -0.25) is 0 Å². The molecule has 74 valence electrons. The number of hydrogen-bond donors (Lipinski definition) is 1. The summed E-state index contributed by atoms with van der Waals surface area (Å²) in [6.07, 6.45) is 2.05. The topological polar surface area (TPSA) is 29.3 Å². The molecule has 1 aromatic rings. The van der Waals surface area contributed by atoms with Crippen LogP contribution in [-0.4, -0.2) is 10.9 Å². The van der Waals surface area contributed by atoms with E-state index in [4.69, 9.17) is 5.73 Å². The SMILES string of the molecule is CC(C)N1C=C(N)c2ccccc2C1. The molecule has 0 saturated heterocycles. The predicted octanol–water partition coefficient (Wildman–Crippen LogP) is 2.17. The highest BCUT2D eigenvalue weighted by Gasteiger charge is 2.15. The summed E-state index contributed by atoms with van der Waals surface area (Å²) in [5.74, 6) is 0. The molecule has 14 heavy (non-hydrogen) atoms. The quantitative estimate of drug-likeness (QED) is 0.731. The molecule has 1 heterocycles. The second kappa shape index (κ2) is 3.37. The van der Waals surface area contributed by atoms with E-state index in [0.29, 0.717) is 6.04 Å². The Labute approximate surface area is 85.0 Å². The molecule has 2 nitrogen and oxygen atoms in total. The zero-order valence-electron chi connectivity index (χ0n) is 8.70. The van der Waals surface area contributed by atoms with Gasteiger partial charge in [0.05, 0.1) is 5.70 Å². The lowest BCUT2D eigenvalue weighted by molar-refractivity contribution is 0.300. The number of nitrogens with zero attached hydrogens (tertiary/aromatic N) is 1. The third kappa shape index (κ3) is 1.48. The summed E-state index contributed by atoms with van der Waals surface area (Å²) in [5, 5.41) is 0. The summed E-state index contributed by atoms with van der Waals surface area (Å²) in [6.45, 7) is 5.32. The van der Waals surface area contributed by atoms with E-state index in [2.05, 4.69) is 36.9 Å². The Morgan fingerprint density at radius 3 is 2.71 bits per heavy atom. The van der Waals surface area contributed by atoms with Gasteiger partial charge in [-0.2, -0.15) is 0 Å². The van der Waals surface area contributed by atoms with Crippen molar-refractivity contribution in [3.63, 3.8) is 0 Å². The summed E-state index contributed by atoms with van der Waals surface area (Å²) in [5.41, 5.74) is 9.37. The Morgan fingerprint density at radius 1 is 1.29 bits per heavy atom. The maximum atomic E-state index is 5.99. The summed E-state index contributed by atoms with van der Waals surface area (Å²) in [4.78, 5) is 2.26. The largest absolute Gasteiger partial charge is 0.397 e. The lowest BCUT2D eigenvalue weighted by Gasteiger charge is -2.30. The summed E-state index contributed by atoms with van der Waals surface area (Å²) < 4.78 is 0. The Bertz CT molecular complexity index is 366. The normalized spacial score (nSPS) is 15.4. The monoisotopic (exact) mass is 188 g/mol. The molecule has 0 aromatic heterocycles. The van der Waals surface area contributed by atoms with E-state index >= 15 is 0 Å². The molecule has 1 aromatic carbocycles. The first-order valence-electron chi connectivity index (χ1n) is 5.00. The average molecular weight is 188 g/mol. The predicted molar refractivity (Wildman–Crippen MR) is 59.3 cm³/mol. The van der Waals surface area contributed by atoms with Gasteiger partial charge in [-0.1, -0.05) is 24.3 Å². The number of benzene rings is 1. The fourth-order valence-electron chi connectivity index (χ4n) is 1.76. The number of rotatable bonds is 1. The minimum absolute atomic E-state index is 0.502. The Kier molecular flexibility index (Phi) is 2.20. The molecule has 0 bridgehead atoms. The van der Waals surface area contributed by atoms with Gasteiger partial charge in [-0.25, -0.2) is 0 Å². The average Bonchev–Trinajstić information content (AvgIpc) is 2.17. The van der Waals surface area contributed by atoms with Crippen LogP contribution in [0.2, 0.25) is 0 Å². The highest BCUT2D eigenvalue weighted by Crippen LogP contribution is 2.24. The number of nitrogens with two attached hydrogens (primary N) is 1. The van der Waals surface area contributed by atoms with Crippen LogP contribution in [0.1, 0.15) is 25.0 Å². The molecule has 2 N–H and O–H groups in total. The molecular weight excluding hydrogens is 172 g/mol. The minimum atomic E-state index is 0.502. The Balaban J connectivity index is 2.39. The van der Waals surface area contributed by atoms with Gasteiger partial charge in [0.15, 0.2) is 0 Å². The van der Waals surface area contributed by atoms with Crippen LogP contribution in [0.5, 0.6) is 0 Å². The Hall–Kier alpha value is -1.44. The second-order valence-electron chi connectivity index (χ2n) is 4.01. The third-order valence-corrected chi connectivity index (χ3v) is 2.65. The fraction of sp³-hybridized carbons (Fsp3) is 0.333. The number of hydrogen-bond acceptors (Lipinski definition) is 2. The third-order valence-electron chi connectivity index (χ3n) is 2.65. The van der Waals surface area contributed by atoms with Crippen molar-refractivity contribution in [2.45, 2.75) is 26.4 Å². The van der Waals surface area contributed by atoms with Crippen molar-refractivity contribution in [1.29, 1.82) is 0 Å². The van der Waals surface area contributed by atoms with Crippen LogP contribution in [0.15, 0.2) is 30.5 Å². The minimum Gasteiger partial charge on any atom is -0.397 e. The molecule has 2 heteroatoms. The maximum Gasteiger partial charge on any atom is 0.0552 e.